The van der Waals surface area contributed by atoms with Crippen LogP contribution in [0.5, 0.6) is 0 Å². The molecule has 0 bridgehead atoms. The van der Waals surface area contributed by atoms with Gasteiger partial charge in [0.25, 0.3) is 0 Å². The number of fused-ring (bicyclic) bond motifs is 1. The van der Waals surface area contributed by atoms with E-state index in [0.29, 0.717) is 24.1 Å². The van der Waals surface area contributed by atoms with Gasteiger partial charge in [0, 0.05) is 19.2 Å². The molecular weight excluding hydrogens is 464 g/mol. The van der Waals surface area contributed by atoms with Gasteiger partial charge in [-0.2, -0.15) is 4.98 Å². The van der Waals surface area contributed by atoms with E-state index in [0.717, 1.165) is 31.9 Å². The fraction of sp³-hybridized carbons (Fsp3) is 0.739. The molecule has 2 rings (SSSR count). The molecule has 0 aliphatic heterocycles. The molecule has 0 fully saturated rings. The lowest BCUT2D eigenvalue weighted by Crippen LogP contribution is -2.07. The second-order valence-corrected chi connectivity index (χ2v) is 10.9. The van der Waals surface area contributed by atoms with Crippen molar-refractivity contribution in [2.45, 2.75) is 101 Å². The zero-order valence-corrected chi connectivity index (χ0v) is 21.5. The van der Waals surface area contributed by atoms with Gasteiger partial charge in [0.15, 0.2) is 20.5 Å². The average Bonchev–Trinajstić information content (AvgIpc) is 3.17. The van der Waals surface area contributed by atoms with Gasteiger partial charge in [-0.25, -0.2) is 18.4 Å². The Hall–Kier alpha value is -1.74. The van der Waals surface area contributed by atoms with E-state index in [4.69, 9.17) is 11.6 Å². The maximum Gasteiger partial charge on any atom is 0.305 e. The van der Waals surface area contributed by atoms with Crippen LogP contribution < -0.4 is 0 Å². The van der Waals surface area contributed by atoms with Crippen molar-refractivity contribution in [2.24, 2.45) is 0 Å². The number of ether oxygens (including phenoxy) is 1. The predicted molar refractivity (Wildman–Crippen MR) is 130 cm³/mol. The number of aryl methyl sites for hydroxylation is 1. The number of hydrogen-bond donors (Lipinski definition) is 0. The molecule has 0 aliphatic carbocycles. The van der Waals surface area contributed by atoms with Gasteiger partial charge in [-0.05, 0) is 24.4 Å². The molecule has 33 heavy (non-hydrogen) atoms. The molecule has 0 radical (unpaired) electrons. The van der Waals surface area contributed by atoms with Gasteiger partial charge < -0.3 is 9.30 Å². The highest BCUT2D eigenvalue weighted by molar-refractivity contribution is 7.90. The number of sulfone groups is 1. The maximum atomic E-state index is 12.1. The van der Waals surface area contributed by atoms with Gasteiger partial charge in [0.1, 0.15) is 5.52 Å². The molecule has 0 saturated carbocycles. The molecule has 186 valence electrons. The number of halogens is 1. The fourth-order valence-corrected chi connectivity index (χ4v) is 4.97. The first kappa shape index (κ1) is 27.5. The van der Waals surface area contributed by atoms with Crippen molar-refractivity contribution in [2.75, 3.05) is 13.4 Å². The number of nitrogens with zero attached hydrogens (tertiary/aromatic N) is 4. The number of aromatic nitrogens is 4. The lowest BCUT2D eigenvalue weighted by molar-refractivity contribution is -0.140. The average molecular weight is 501 g/mol. The van der Waals surface area contributed by atoms with Crippen LogP contribution in [0.3, 0.4) is 0 Å². The first-order valence-electron chi connectivity index (χ1n) is 12.0. The molecule has 0 unspecified atom stereocenters. The molecule has 2 heterocycles. The second kappa shape index (κ2) is 14.5. The third kappa shape index (κ3) is 9.96. The quantitative estimate of drug-likeness (QED) is 0.122. The molecule has 2 aromatic rings. The summed E-state index contributed by atoms with van der Waals surface area (Å²) in [6.07, 6.45) is 18.6. The monoisotopic (exact) mass is 500 g/mol. The highest BCUT2D eigenvalue weighted by Crippen LogP contribution is 2.22. The lowest BCUT2D eigenvalue weighted by atomic mass is 10.0. The van der Waals surface area contributed by atoms with Crippen LogP contribution in [0.2, 0.25) is 5.28 Å². The maximum absolute atomic E-state index is 12.1. The number of carbonyl (C=O) groups excluding carboxylic acids is 1. The third-order valence-corrected chi connectivity index (χ3v) is 6.93. The highest BCUT2D eigenvalue weighted by Gasteiger charge is 2.20. The van der Waals surface area contributed by atoms with Crippen molar-refractivity contribution in [1.82, 2.24) is 19.5 Å². The summed E-state index contributed by atoms with van der Waals surface area (Å²) < 4.78 is 30.6. The van der Waals surface area contributed by atoms with Crippen LogP contribution in [0, 0.1) is 0 Å². The van der Waals surface area contributed by atoms with E-state index >= 15 is 0 Å². The summed E-state index contributed by atoms with van der Waals surface area (Å²) in [5.74, 6) is -0.105. The normalized spacial score (nSPS) is 11.8. The Labute approximate surface area is 202 Å². The molecule has 10 heteroatoms. The molecular formula is C23H37ClN4O4S. The number of esters is 1. The topological polar surface area (TPSA) is 104 Å². The summed E-state index contributed by atoms with van der Waals surface area (Å²) in [7, 11) is -2.08. The van der Waals surface area contributed by atoms with Gasteiger partial charge in [-0.1, -0.05) is 70.6 Å². The zero-order chi connectivity index (χ0) is 24.1. The lowest BCUT2D eigenvalue weighted by Gasteiger charge is -2.07. The highest BCUT2D eigenvalue weighted by atomic mass is 35.5. The first-order chi connectivity index (χ1) is 15.8. The Morgan fingerprint density at radius 1 is 0.909 bits per heavy atom. The van der Waals surface area contributed by atoms with E-state index in [-0.39, 0.29) is 16.3 Å². The van der Waals surface area contributed by atoms with E-state index in [1.165, 1.54) is 64.9 Å². The van der Waals surface area contributed by atoms with Crippen LogP contribution in [0.25, 0.3) is 11.2 Å². The first-order valence-corrected chi connectivity index (χ1v) is 14.2. The van der Waals surface area contributed by atoms with Gasteiger partial charge in [0.2, 0.25) is 5.28 Å². The van der Waals surface area contributed by atoms with E-state index in [9.17, 15) is 13.2 Å². The van der Waals surface area contributed by atoms with E-state index < -0.39 is 9.84 Å². The standard InChI is InChI=1S/C23H37ClN4O4S/c1-32-19(29)16-14-12-10-8-6-4-3-5-7-9-11-13-15-17-28-18-25-21-20(28)22(33(2,30)31)27-23(24)26-21/h18H,3-17H2,1-2H3. The van der Waals surface area contributed by atoms with E-state index in [2.05, 4.69) is 19.7 Å². The zero-order valence-electron chi connectivity index (χ0n) is 19.9. The Bertz CT molecular complexity index is 978. The molecule has 0 N–H and O–H groups in total. The summed E-state index contributed by atoms with van der Waals surface area (Å²) in [6, 6.07) is 0. The third-order valence-electron chi connectivity index (χ3n) is 5.77. The SMILES string of the molecule is COC(=O)CCCCCCCCCCCCCCCn1cnc2nc(Cl)nc(S(C)(=O)=O)c21. The van der Waals surface area contributed by atoms with Gasteiger partial charge in [-0.3, -0.25) is 4.79 Å². The van der Waals surface area contributed by atoms with Crippen LogP contribution in [-0.2, 0) is 25.9 Å². The van der Waals surface area contributed by atoms with Gasteiger partial charge in [0.05, 0.1) is 13.4 Å². The summed E-state index contributed by atoms with van der Waals surface area (Å²) in [5, 5.41) is -0.167. The number of carbonyl (C=O) groups is 1. The van der Waals surface area contributed by atoms with Crippen LogP contribution >= 0.6 is 11.6 Å². The number of rotatable bonds is 17. The summed E-state index contributed by atoms with van der Waals surface area (Å²) in [6.45, 7) is 0.684. The molecule has 0 amide bonds. The van der Waals surface area contributed by atoms with Crippen LogP contribution in [0.4, 0.5) is 0 Å². The molecule has 0 atom stereocenters. The molecule has 0 aromatic carbocycles. The van der Waals surface area contributed by atoms with Gasteiger partial charge >= 0.3 is 5.97 Å². The smallest absolute Gasteiger partial charge is 0.305 e. The van der Waals surface area contributed by atoms with Crippen molar-refractivity contribution in [3.05, 3.63) is 11.6 Å². The Balaban J connectivity index is 1.52. The fourth-order valence-electron chi connectivity index (χ4n) is 3.95. The Morgan fingerprint density at radius 2 is 1.42 bits per heavy atom. The number of hydrogen-bond acceptors (Lipinski definition) is 7. The summed E-state index contributed by atoms with van der Waals surface area (Å²) in [5.41, 5.74) is 0.752. The minimum absolute atomic E-state index is 0.0591. The summed E-state index contributed by atoms with van der Waals surface area (Å²) >= 11 is 5.84. The van der Waals surface area contributed by atoms with Crippen LogP contribution in [-0.4, -0.2) is 47.3 Å². The molecule has 2 aromatic heterocycles. The van der Waals surface area contributed by atoms with Crippen molar-refractivity contribution < 1.29 is 17.9 Å². The molecule has 0 aliphatic rings. The van der Waals surface area contributed by atoms with Crippen molar-refractivity contribution in [1.29, 1.82) is 0 Å². The van der Waals surface area contributed by atoms with E-state index in [1.54, 1.807) is 6.33 Å². The second-order valence-electron chi connectivity index (χ2n) is 8.60. The van der Waals surface area contributed by atoms with Crippen molar-refractivity contribution in [3.63, 3.8) is 0 Å². The Kier molecular flexibility index (Phi) is 12.1. The predicted octanol–water partition coefficient (Wildman–Crippen LogP) is 5.52. The minimum Gasteiger partial charge on any atom is -0.469 e. The molecule has 8 nitrogen and oxygen atoms in total. The largest absolute Gasteiger partial charge is 0.469 e. The van der Waals surface area contributed by atoms with Crippen molar-refractivity contribution >= 4 is 38.6 Å². The van der Waals surface area contributed by atoms with Crippen LogP contribution in [0.15, 0.2) is 11.4 Å². The van der Waals surface area contributed by atoms with Crippen molar-refractivity contribution in [3.8, 4) is 0 Å². The number of imidazole rings is 1. The molecule has 0 spiro atoms. The minimum atomic E-state index is -3.52. The van der Waals surface area contributed by atoms with Gasteiger partial charge in [-0.15, -0.1) is 0 Å². The Morgan fingerprint density at radius 3 is 1.94 bits per heavy atom. The number of unbranched alkanes of at least 4 members (excludes halogenated alkanes) is 12. The van der Waals surface area contributed by atoms with E-state index in [1.807, 2.05) is 4.57 Å². The molecule has 0 saturated heterocycles. The number of methoxy groups -OCH3 is 1. The van der Waals surface area contributed by atoms with Crippen LogP contribution in [0.1, 0.15) is 89.9 Å². The summed E-state index contributed by atoms with van der Waals surface area (Å²) in [4.78, 5) is 23.2.